The molecule has 23 heavy (non-hydrogen) atoms. The minimum atomic E-state index is 0.193. The molecule has 1 amide bonds. The summed E-state index contributed by atoms with van der Waals surface area (Å²) >= 11 is 2.29. The van der Waals surface area contributed by atoms with Crippen LogP contribution >= 0.6 is 22.6 Å². The van der Waals surface area contributed by atoms with Gasteiger partial charge in [-0.15, -0.1) is 0 Å². The van der Waals surface area contributed by atoms with Crippen molar-refractivity contribution in [1.29, 1.82) is 0 Å². The first-order valence-corrected chi connectivity index (χ1v) is 9.61. The van der Waals surface area contributed by atoms with E-state index in [-0.39, 0.29) is 5.91 Å². The van der Waals surface area contributed by atoms with Gasteiger partial charge in [-0.1, -0.05) is 12.1 Å². The number of carbonyl (C=O) groups is 1. The van der Waals surface area contributed by atoms with Crippen molar-refractivity contribution in [1.82, 2.24) is 14.7 Å². The molecule has 0 radical (unpaired) electrons. The minimum absolute atomic E-state index is 0.193. The molecule has 4 nitrogen and oxygen atoms in total. The smallest absolute Gasteiger partial charge is 0.255 e. The third-order valence-electron chi connectivity index (χ3n) is 5.14. The van der Waals surface area contributed by atoms with Crippen LogP contribution in [0.15, 0.2) is 18.2 Å². The Morgan fingerprint density at radius 3 is 2.61 bits per heavy atom. The number of halogens is 1. The van der Waals surface area contributed by atoms with Crippen LogP contribution in [0.5, 0.6) is 0 Å². The van der Waals surface area contributed by atoms with Crippen LogP contribution in [-0.2, 0) is 0 Å². The molecule has 0 aliphatic carbocycles. The van der Waals surface area contributed by atoms with E-state index in [0.717, 1.165) is 35.3 Å². The molecule has 126 valence electrons. The summed E-state index contributed by atoms with van der Waals surface area (Å²) in [5.74, 6) is 0.193. The molecule has 2 heterocycles. The summed E-state index contributed by atoms with van der Waals surface area (Å²) in [5, 5.41) is 0. The molecule has 0 aromatic heterocycles. The zero-order valence-electron chi connectivity index (χ0n) is 14.1. The van der Waals surface area contributed by atoms with E-state index in [1.54, 1.807) is 0 Å². The SMILES string of the molecule is Cc1cccc(C(=O)N2CCN(C3CCCN(C)C3)CC2)c1I. The molecule has 0 N–H and O–H groups in total. The molecule has 1 aromatic carbocycles. The lowest BCUT2D eigenvalue weighted by Crippen LogP contribution is -2.55. The van der Waals surface area contributed by atoms with Gasteiger partial charge in [-0.05, 0) is 67.6 Å². The molecule has 1 unspecified atom stereocenters. The largest absolute Gasteiger partial charge is 0.336 e. The van der Waals surface area contributed by atoms with E-state index in [2.05, 4.69) is 52.4 Å². The number of hydrogen-bond donors (Lipinski definition) is 0. The van der Waals surface area contributed by atoms with Gasteiger partial charge in [-0.25, -0.2) is 0 Å². The molecule has 5 heteroatoms. The molecule has 0 saturated carbocycles. The van der Waals surface area contributed by atoms with E-state index in [4.69, 9.17) is 0 Å². The lowest BCUT2D eigenvalue weighted by atomic mass is 10.0. The van der Waals surface area contributed by atoms with Crippen LogP contribution in [0.4, 0.5) is 0 Å². The van der Waals surface area contributed by atoms with Gasteiger partial charge in [0.2, 0.25) is 0 Å². The van der Waals surface area contributed by atoms with Gasteiger partial charge in [-0.2, -0.15) is 0 Å². The van der Waals surface area contributed by atoms with E-state index in [1.807, 2.05) is 17.0 Å². The second-order valence-corrected chi connectivity index (χ2v) is 7.90. The fourth-order valence-corrected chi connectivity index (χ4v) is 4.30. The number of likely N-dealkylation sites (tertiary alicyclic amines) is 1. The van der Waals surface area contributed by atoms with Crippen LogP contribution in [0.3, 0.4) is 0 Å². The number of amides is 1. The Hall–Kier alpha value is -0.660. The van der Waals surface area contributed by atoms with Gasteiger partial charge in [0.05, 0.1) is 5.56 Å². The molecule has 2 fully saturated rings. The van der Waals surface area contributed by atoms with Crippen molar-refractivity contribution in [2.24, 2.45) is 0 Å². The molecular weight excluding hydrogens is 401 g/mol. The van der Waals surface area contributed by atoms with Crippen molar-refractivity contribution in [2.45, 2.75) is 25.8 Å². The summed E-state index contributed by atoms with van der Waals surface area (Å²) < 4.78 is 1.09. The van der Waals surface area contributed by atoms with E-state index in [9.17, 15) is 4.79 Å². The normalized spacial score (nSPS) is 24.0. The number of likely N-dealkylation sites (N-methyl/N-ethyl adjacent to an activating group) is 1. The van der Waals surface area contributed by atoms with Gasteiger partial charge in [0, 0.05) is 42.3 Å². The third kappa shape index (κ3) is 3.88. The third-order valence-corrected chi connectivity index (χ3v) is 6.57. The summed E-state index contributed by atoms with van der Waals surface area (Å²) in [7, 11) is 2.21. The monoisotopic (exact) mass is 427 g/mol. The summed E-state index contributed by atoms with van der Waals surface area (Å²) in [4.78, 5) is 19.8. The highest BCUT2D eigenvalue weighted by Crippen LogP contribution is 2.21. The Balaban J connectivity index is 1.60. The van der Waals surface area contributed by atoms with E-state index in [0.29, 0.717) is 6.04 Å². The van der Waals surface area contributed by atoms with Gasteiger partial charge in [0.25, 0.3) is 5.91 Å². The Kier molecular flexibility index (Phi) is 5.59. The molecule has 2 saturated heterocycles. The van der Waals surface area contributed by atoms with Crippen LogP contribution < -0.4 is 0 Å². The van der Waals surface area contributed by atoms with Crippen molar-refractivity contribution in [3.05, 3.63) is 32.9 Å². The van der Waals surface area contributed by atoms with Crippen LogP contribution in [0.2, 0.25) is 0 Å². The molecule has 2 aliphatic rings. The minimum Gasteiger partial charge on any atom is -0.336 e. The zero-order valence-corrected chi connectivity index (χ0v) is 16.3. The average Bonchev–Trinajstić information content (AvgIpc) is 2.57. The molecule has 0 bridgehead atoms. The van der Waals surface area contributed by atoms with Gasteiger partial charge < -0.3 is 9.80 Å². The number of piperazine rings is 1. The number of rotatable bonds is 2. The molecule has 1 atom stereocenters. The van der Waals surface area contributed by atoms with Crippen LogP contribution in [0, 0.1) is 10.5 Å². The van der Waals surface area contributed by atoms with Crippen molar-refractivity contribution in [3.8, 4) is 0 Å². The molecule has 3 rings (SSSR count). The van der Waals surface area contributed by atoms with Crippen LogP contribution in [0.25, 0.3) is 0 Å². The maximum absolute atomic E-state index is 12.8. The Morgan fingerprint density at radius 2 is 1.91 bits per heavy atom. The summed E-state index contributed by atoms with van der Waals surface area (Å²) in [5.41, 5.74) is 2.04. The molecular formula is C18H26IN3O. The van der Waals surface area contributed by atoms with Gasteiger partial charge in [0.15, 0.2) is 0 Å². The lowest BCUT2D eigenvalue weighted by molar-refractivity contribution is 0.0451. The van der Waals surface area contributed by atoms with Crippen molar-refractivity contribution >= 4 is 28.5 Å². The number of nitrogens with zero attached hydrogens (tertiary/aromatic N) is 3. The second kappa shape index (κ2) is 7.49. The van der Waals surface area contributed by atoms with E-state index in [1.165, 1.54) is 31.5 Å². The average molecular weight is 427 g/mol. The first-order valence-electron chi connectivity index (χ1n) is 8.53. The maximum Gasteiger partial charge on any atom is 0.255 e. The lowest BCUT2D eigenvalue weighted by Gasteiger charge is -2.42. The Morgan fingerprint density at radius 1 is 1.17 bits per heavy atom. The Bertz CT molecular complexity index is 569. The van der Waals surface area contributed by atoms with Crippen molar-refractivity contribution in [2.75, 3.05) is 46.3 Å². The first kappa shape index (κ1) is 17.2. The van der Waals surface area contributed by atoms with Gasteiger partial charge in [0.1, 0.15) is 0 Å². The Labute approximate surface area is 153 Å². The molecule has 0 spiro atoms. The number of benzene rings is 1. The predicted molar refractivity (Wildman–Crippen MR) is 102 cm³/mol. The van der Waals surface area contributed by atoms with Crippen LogP contribution in [0.1, 0.15) is 28.8 Å². The topological polar surface area (TPSA) is 26.8 Å². The highest BCUT2D eigenvalue weighted by atomic mass is 127. The zero-order chi connectivity index (χ0) is 16.4. The summed E-state index contributed by atoms with van der Waals surface area (Å²) in [6, 6.07) is 6.68. The molecule has 2 aliphatic heterocycles. The maximum atomic E-state index is 12.8. The van der Waals surface area contributed by atoms with Crippen molar-refractivity contribution in [3.63, 3.8) is 0 Å². The predicted octanol–water partition coefficient (Wildman–Crippen LogP) is 2.45. The van der Waals surface area contributed by atoms with Crippen LogP contribution in [-0.4, -0.2) is 73.0 Å². The standard InChI is InChI=1S/C18H26IN3O/c1-14-5-3-7-16(17(14)19)18(23)22-11-9-21(10-12-22)15-6-4-8-20(2)13-15/h3,5,7,15H,4,6,8-13H2,1-2H3. The second-order valence-electron chi connectivity index (χ2n) is 6.82. The molecule has 1 aromatic rings. The van der Waals surface area contributed by atoms with Gasteiger partial charge in [-0.3, -0.25) is 9.69 Å². The van der Waals surface area contributed by atoms with Gasteiger partial charge >= 0.3 is 0 Å². The summed E-state index contributed by atoms with van der Waals surface area (Å²) in [6.07, 6.45) is 2.59. The quantitative estimate of drug-likeness (QED) is 0.679. The highest BCUT2D eigenvalue weighted by molar-refractivity contribution is 14.1. The number of aryl methyl sites for hydroxylation is 1. The van der Waals surface area contributed by atoms with E-state index >= 15 is 0 Å². The number of hydrogen-bond acceptors (Lipinski definition) is 3. The summed E-state index contributed by atoms with van der Waals surface area (Å²) in [6.45, 7) is 8.17. The highest BCUT2D eigenvalue weighted by Gasteiger charge is 2.29. The van der Waals surface area contributed by atoms with E-state index < -0.39 is 0 Å². The fourth-order valence-electron chi connectivity index (χ4n) is 3.71. The number of carbonyl (C=O) groups excluding carboxylic acids is 1. The van der Waals surface area contributed by atoms with Crippen molar-refractivity contribution < 1.29 is 4.79 Å². The number of piperidine rings is 1. The first-order chi connectivity index (χ1) is 11.1. The fraction of sp³-hybridized carbons (Fsp3) is 0.611.